The zero-order valence-electron chi connectivity index (χ0n) is 18.6. The number of nitrogens with one attached hydrogen (secondary N) is 2. The summed E-state index contributed by atoms with van der Waals surface area (Å²) in [6, 6.07) is -1.93. The van der Waals surface area contributed by atoms with E-state index in [9.17, 15) is 14.4 Å². The van der Waals surface area contributed by atoms with Gasteiger partial charge in [-0.3, -0.25) is 29.6 Å². The molecule has 31 heavy (non-hydrogen) atoms. The summed E-state index contributed by atoms with van der Waals surface area (Å²) >= 11 is 0. The Morgan fingerprint density at radius 3 is 2.35 bits per heavy atom. The smallest absolute Gasteiger partial charge is 0.249 e. The fraction of sp³-hybridized carbons (Fsp3) is 0.789. The van der Waals surface area contributed by atoms with Crippen LogP contribution < -0.4 is 27.8 Å². The first-order valence-corrected chi connectivity index (χ1v) is 10.4. The van der Waals surface area contributed by atoms with Crippen molar-refractivity contribution in [2.75, 3.05) is 19.6 Å². The molecule has 0 unspecified atom stereocenters. The maximum atomic E-state index is 12.7. The number of nitrogens with two attached hydrogens (primary N) is 3. The third-order valence-corrected chi connectivity index (χ3v) is 5.46. The molecule has 0 aromatic rings. The van der Waals surface area contributed by atoms with Crippen LogP contribution in [0.2, 0.25) is 0 Å². The number of likely N-dealkylation sites (tertiary alicyclic amines) is 1. The van der Waals surface area contributed by atoms with E-state index in [1.807, 2.05) is 25.7 Å². The SMILES string of the molecule is CC[C@H](C)[C@H](N)C(=O)N[C@@H](CCCN=C(N)N)C(=O)NC(=O)[C@@H]1CCCN1CC.Cl.Cl. The molecule has 3 amide bonds. The number of aliphatic imine (C=N–C) groups is 1. The normalized spacial score (nSPS) is 18.5. The molecule has 1 saturated heterocycles. The minimum atomic E-state index is -0.882. The Morgan fingerprint density at radius 2 is 1.81 bits per heavy atom. The molecule has 8 N–H and O–H groups in total. The largest absolute Gasteiger partial charge is 0.370 e. The van der Waals surface area contributed by atoms with E-state index in [4.69, 9.17) is 17.2 Å². The van der Waals surface area contributed by atoms with Crippen LogP contribution >= 0.6 is 24.8 Å². The molecule has 1 heterocycles. The van der Waals surface area contributed by atoms with Gasteiger partial charge in [0.25, 0.3) is 0 Å². The fourth-order valence-electron chi connectivity index (χ4n) is 3.35. The molecule has 1 aliphatic heterocycles. The predicted molar refractivity (Wildman–Crippen MR) is 127 cm³/mol. The molecule has 0 saturated carbocycles. The van der Waals surface area contributed by atoms with Crippen LogP contribution in [0, 0.1) is 5.92 Å². The third kappa shape index (κ3) is 10.5. The number of likely N-dealkylation sites (N-methyl/N-ethyl adjacent to an activating group) is 1. The standard InChI is InChI=1S/C19H37N7O3.2ClH/c1-4-12(3)15(20)18(29)24-13(8-6-10-23-19(21)22)16(27)25-17(28)14-9-7-11-26(14)5-2;;/h12-15H,4-11,20H2,1-3H3,(H,24,29)(H4,21,22,23)(H,25,27,28);2*1H/t12-,13-,14-,15-;;/m0../s1. The van der Waals surface area contributed by atoms with Gasteiger partial charge < -0.3 is 22.5 Å². The van der Waals surface area contributed by atoms with Gasteiger partial charge in [0, 0.05) is 6.54 Å². The molecule has 0 spiro atoms. The molecule has 0 aromatic carbocycles. The van der Waals surface area contributed by atoms with Gasteiger partial charge in [0.15, 0.2) is 5.96 Å². The number of carbonyl (C=O) groups excluding carboxylic acids is 3. The Morgan fingerprint density at radius 1 is 1.16 bits per heavy atom. The lowest BCUT2D eigenvalue weighted by Crippen LogP contribution is -2.55. The molecule has 0 radical (unpaired) electrons. The van der Waals surface area contributed by atoms with Crippen LogP contribution in [0.4, 0.5) is 0 Å². The third-order valence-electron chi connectivity index (χ3n) is 5.46. The Kier molecular flexibility index (Phi) is 16.4. The van der Waals surface area contributed by atoms with Crippen molar-refractivity contribution in [2.45, 2.75) is 71.0 Å². The van der Waals surface area contributed by atoms with Gasteiger partial charge >= 0.3 is 0 Å². The first kappa shape index (κ1) is 31.6. The van der Waals surface area contributed by atoms with Crippen molar-refractivity contribution in [1.29, 1.82) is 0 Å². The van der Waals surface area contributed by atoms with E-state index in [2.05, 4.69) is 15.6 Å². The topological polar surface area (TPSA) is 169 Å². The highest BCUT2D eigenvalue weighted by molar-refractivity contribution is 6.01. The van der Waals surface area contributed by atoms with Gasteiger partial charge in [0.1, 0.15) is 6.04 Å². The van der Waals surface area contributed by atoms with Gasteiger partial charge in [0.05, 0.1) is 12.1 Å². The van der Waals surface area contributed by atoms with Crippen molar-refractivity contribution in [1.82, 2.24) is 15.5 Å². The van der Waals surface area contributed by atoms with E-state index >= 15 is 0 Å². The minimum absolute atomic E-state index is 0. The van der Waals surface area contributed by atoms with E-state index < -0.39 is 23.9 Å². The van der Waals surface area contributed by atoms with E-state index in [0.29, 0.717) is 19.4 Å². The van der Waals surface area contributed by atoms with E-state index in [0.717, 1.165) is 25.9 Å². The average Bonchev–Trinajstić information content (AvgIpc) is 3.17. The number of amides is 3. The van der Waals surface area contributed by atoms with Crippen LogP contribution in [-0.4, -0.2) is 66.3 Å². The van der Waals surface area contributed by atoms with Gasteiger partial charge in [-0.05, 0) is 44.7 Å². The lowest BCUT2D eigenvalue weighted by atomic mass is 9.98. The highest BCUT2D eigenvalue weighted by Gasteiger charge is 2.32. The van der Waals surface area contributed by atoms with Crippen molar-refractivity contribution in [3.8, 4) is 0 Å². The Bertz CT molecular complexity index is 603. The summed E-state index contributed by atoms with van der Waals surface area (Å²) in [5, 5.41) is 5.15. The number of imide groups is 1. The van der Waals surface area contributed by atoms with Crippen molar-refractivity contribution < 1.29 is 14.4 Å². The van der Waals surface area contributed by atoms with Crippen LogP contribution in [0.1, 0.15) is 52.9 Å². The molecular formula is C19H39Cl2N7O3. The van der Waals surface area contributed by atoms with Crippen LogP contribution in [0.3, 0.4) is 0 Å². The summed E-state index contributed by atoms with van der Waals surface area (Å²) < 4.78 is 0. The van der Waals surface area contributed by atoms with E-state index in [1.165, 1.54) is 0 Å². The highest BCUT2D eigenvalue weighted by atomic mass is 35.5. The summed E-state index contributed by atoms with van der Waals surface area (Å²) in [4.78, 5) is 43.7. The number of nitrogens with zero attached hydrogens (tertiary/aromatic N) is 2. The lowest BCUT2D eigenvalue weighted by Gasteiger charge is -2.25. The van der Waals surface area contributed by atoms with Gasteiger partial charge in [-0.1, -0.05) is 27.2 Å². The van der Waals surface area contributed by atoms with Gasteiger partial charge in [-0.25, -0.2) is 0 Å². The average molecular weight is 484 g/mol. The van der Waals surface area contributed by atoms with Crippen molar-refractivity contribution in [3.05, 3.63) is 0 Å². The maximum Gasteiger partial charge on any atom is 0.249 e. The number of carbonyl (C=O) groups is 3. The molecule has 1 aliphatic rings. The van der Waals surface area contributed by atoms with Gasteiger partial charge in [0.2, 0.25) is 17.7 Å². The summed E-state index contributed by atoms with van der Waals surface area (Å²) in [5.74, 6) is -1.34. The zero-order valence-corrected chi connectivity index (χ0v) is 20.3. The van der Waals surface area contributed by atoms with E-state index in [1.54, 1.807) is 0 Å². The summed E-state index contributed by atoms with van der Waals surface area (Å²) in [7, 11) is 0. The highest BCUT2D eigenvalue weighted by Crippen LogP contribution is 2.16. The fourth-order valence-corrected chi connectivity index (χ4v) is 3.35. The summed E-state index contributed by atoms with van der Waals surface area (Å²) in [6.45, 7) is 7.70. The first-order valence-electron chi connectivity index (χ1n) is 10.4. The van der Waals surface area contributed by atoms with Crippen molar-refractivity contribution in [3.63, 3.8) is 0 Å². The van der Waals surface area contributed by atoms with E-state index in [-0.39, 0.29) is 55.1 Å². The molecular weight excluding hydrogens is 445 g/mol. The molecule has 0 aliphatic carbocycles. The second kappa shape index (κ2) is 16.1. The van der Waals surface area contributed by atoms with Crippen molar-refractivity contribution >= 4 is 48.5 Å². The number of halogens is 2. The van der Waals surface area contributed by atoms with Gasteiger partial charge in [-0.2, -0.15) is 0 Å². The predicted octanol–water partition coefficient (Wildman–Crippen LogP) is -0.131. The number of hydrogen-bond donors (Lipinski definition) is 5. The monoisotopic (exact) mass is 483 g/mol. The zero-order chi connectivity index (χ0) is 22.0. The second-order valence-electron chi connectivity index (χ2n) is 7.56. The molecule has 4 atom stereocenters. The van der Waals surface area contributed by atoms with Crippen LogP contribution in [0.15, 0.2) is 4.99 Å². The van der Waals surface area contributed by atoms with Crippen molar-refractivity contribution in [2.24, 2.45) is 28.1 Å². The summed E-state index contributed by atoms with van der Waals surface area (Å²) in [5.41, 5.74) is 16.6. The number of rotatable bonds is 11. The lowest BCUT2D eigenvalue weighted by molar-refractivity contribution is -0.136. The Hall–Kier alpha value is -1.62. The molecule has 0 bridgehead atoms. The minimum Gasteiger partial charge on any atom is -0.370 e. The molecule has 1 fully saturated rings. The summed E-state index contributed by atoms with van der Waals surface area (Å²) in [6.07, 6.45) is 3.13. The van der Waals surface area contributed by atoms with Crippen LogP contribution in [0.5, 0.6) is 0 Å². The first-order chi connectivity index (χ1) is 13.7. The quantitative estimate of drug-likeness (QED) is 0.155. The van der Waals surface area contributed by atoms with Gasteiger partial charge in [-0.15, -0.1) is 24.8 Å². The number of hydrogen-bond acceptors (Lipinski definition) is 6. The second-order valence-corrected chi connectivity index (χ2v) is 7.56. The molecule has 10 nitrogen and oxygen atoms in total. The van der Waals surface area contributed by atoms with Crippen LogP contribution in [0.25, 0.3) is 0 Å². The molecule has 182 valence electrons. The number of guanidine groups is 1. The molecule has 12 heteroatoms. The Labute approximate surface area is 197 Å². The molecule has 1 rings (SSSR count). The maximum absolute atomic E-state index is 12.7. The van der Waals surface area contributed by atoms with Crippen LogP contribution in [-0.2, 0) is 14.4 Å². The molecule has 0 aromatic heterocycles. The Balaban J connectivity index is 0.